The molecule has 272 valence electrons. The minimum Gasteiger partial charge on any atom is -0.465 e. The summed E-state index contributed by atoms with van der Waals surface area (Å²) in [7, 11) is 2.07. The Morgan fingerprint density at radius 3 is 2.46 bits per heavy atom. The number of nitrogens with one attached hydrogen (secondary N) is 5. The van der Waals surface area contributed by atoms with Gasteiger partial charge < -0.3 is 46.0 Å². The molecule has 3 atom stereocenters. The van der Waals surface area contributed by atoms with Crippen molar-refractivity contribution in [1.29, 1.82) is 0 Å². The van der Waals surface area contributed by atoms with Crippen LogP contribution in [0.2, 0.25) is 0 Å². The number of benzene rings is 2. The molecular formula is C36H41N9O7. The van der Waals surface area contributed by atoms with Gasteiger partial charge in [0.15, 0.2) is 5.69 Å². The second kappa shape index (κ2) is 15.5. The first-order valence-corrected chi connectivity index (χ1v) is 16.9. The molecule has 2 unspecified atom stereocenters. The number of hydrogen-bond acceptors (Lipinski definition) is 10. The maximum absolute atomic E-state index is 14.3. The van der Waals surface area contributed by atoms with Crippen molar-refractivity contribution in [2.45, 2.75) is 25.1 Å². The number of pyridine rings is 2. The van der Waals surface area contributed by atoms with Gasteiger partial charge in [0.2, 0.25) is 0 Å². The lowest BCUT2D eigenvalue weighted by atomic mass is 9.74. The molecule has 2 aromatic carbocycles. The Hall–Kier alpha value is -6.00. The predicted molar refractivity (Wildman–Crippen MR) is 194 cm³/mol. The Bertz CT molecular complexity index is 1960. The van der Waals surface area contributed by atoms with Gasteiger partial charge in [-0.25, -0.2) is 19.4 Å². The molecule has 7 N–H and O–H groups in total. The van der Waals surface area contributed by atoms with Gasteiger partial charge >= 0.3 is 18.3 Å². The summed E-state index contributed by atoms with van der Waals surface area (Å²) in [6.07, 6.45) is -0.749. The van der Waals surface area contributed by atoms with Crippen LogP contribution in [-0.2, 0) is 16.9 Å². The number of amides is 4. The van der Waals surface area contributed by atoms with Crippen LogP contribution in [-0.4, -0.2) is 102 Å². The van der Waals surface area contributed by atoms with Gasteiger partial charge in [-0.3, -0.25) is 15.1 Å². The van der Waals surface area contributed by atoms with Gasteiger partial charge in [0.1, 0.15) is 12.1 Å². The SMILES string of the molecule is CC1CNC[C@](NC(=O)O)(c2ccncc2NC(=O)c2nc3cc(N4CCN(C)CC4)ccc3cc2NC(=O)OCc2ccccc2)C1NC(=O)O. The van der Waals surface area contributed by atoms with E-state index in [1.807, 2.05) is 48.5 Å². The molecule has 2 aromatic heterocycles. The van der Waals surface area contributed by atoms with Crippen LogP contribution in [0.5, 0.6) is 0 Å². The Morgan fingerprint density at radius 2 is 1.73 bits per heavy atom. The first-order valence-electron chi connectivity index (χ1n) is 16.9. The summed E-state index contributed by atoms with van der Waals surface area (Å²) in [5.41, 5.74) is 1.00. The van der Waals surface area contributed by atoms with Gasteiger partial charge in [-0.05, 0) is 49.3 Å². The number of piperazine rings is 1. The molecule has 0 radical (unpaired) electrons. The maximum Gasteiger partial charge on any atom is 0.412 e. The number of rotatable bonds is 9. The van der Waals surface area contributed by atoms with Crippen molar-refractivity contribution in [3.05, 3.63) is 89.9 Å². The Kier molecular flexibility index (Phi) is 10.7. The fraction of sp³-hybridized carbons (Fsp3) is 0.333. The van der Waals surface area contributed by atoms with Crippen LogP contribution in [0.1, 0.15) is 28.5 Å². The number of carboxylic acid groups (broad SMARTS) is 2. The van der Waals surface area contributed by atoms with E-state index < -0.39 is 35.8 Å². The molecule has 0 saturated carbocycles. The van der Waals surface area contributed by atoms with E-state index in [1.165, 1.54) is 18.5 Å². The molecule has 2 aliphatic heterocycles. The number of ether oxygens (including phenoxy) is 1. The van der Waals surface area contributed by atoms with Crippen LogP contribution in [0.4, 0.5) is 31.4 Å². The van der Waals surface area contributed by atoms with E-state index in [4.69, 9.17) is 9.72 Å². The third kappa shape index (κ3) is 7.98. The minimum atomic E-state index is -1.55. The quantitative estimate of drug-likeness (QED) is 0.133. The van der Waals surface area contributed by atoms with Crippen molar-refractivity contribution in [2.24, 2.45) is 5.92 Å². The van der Waals surface area contributed by atoms with Crippen molar-refractivity contribution < 1.29 is 34.1 Å². The monoisotopic (exact) mass is 711 g/mol. The molecule has 0 aliphatic carbocycles. The van der Waals surface area contributed by atoms with Crippen LogP contribution >= 0.6 is 0 Å². The van der Waals surface area contributed by atoms with Crippen molar-refractivity contribution in [3.63, 3.8) is 0 Å². The van der Waals surface area contributed by atoms with Crippen molar-refractivity contribution in [3.8, 4) is 0 Å². The number of nitrogens with zero attached hydrogens (tertiary/aromatic N) is 4. The lowest BCUT2D eigenvalue weighted by Crippen LogP contribution is -2.70. The normalized spacial score (nSPS) is 20.5. The average Bonchev–Trinajstić information content (AvgIpc) is 3.12. The van der Waals surface area contributed by atoms with Gasteiger partial charge in [0.05, 0.1) is 29.1 Å². The third-order valence-electron chi connectivity index (χ3n) is 9.46. The number of fused-ring (bicyclic) bond motifs is 1. The highest BCUT2D eigenvalue weighted by Gasteiger charge is 2.49. The molecular weight excluding hydrogens is 670 g/mol. The fourth-order valence-corrected chi connectivity index (χ4v) is 6.87. The van der Waals surface area contributed by atoms with Gasteiger partial charge in [-0.2, -0.15) is 0 Å². The van der Waals surface area contributed by atoms with Gasteiger partial charge in [-0.1, -0.05) is 43.3 Å². The number of carbonyl (C=O) groups is 4. The Labute approximate surface area is 299 Å². The molecule has 16 heteroatoms. The molecule has 2 saturated heterocycles. The molecule has 4 heterocycles. The smallest absolute Gasteiger partial charge is 0.412 e. The van der Waals surface area contributed by atoms with E-state index >= 15 is 0 Å². The first kappa shape index (κ1) is 35.8. The molecule has 4 amide bonds. The lowest BCUT2D eigenvalue weighted by Gasteiger charge is -2.47. The number of likely N-dealkylation sites (N-methyl/N-ethyl adjacent to an activating group) is 1. The summed E-state index contributed by atoms with van der Waals surface area (Å²) in [6.45, 7) is 5.64. The van der Waals surface area contributed by atoms with Crippen LogP contribution in [0.3, 0.4) is 0 Å². The second-order valence-electron chi connectivity index (χ2n) is 13.1. The van der Waals surface area contributed by atoms with Crippen LogP contribution in [0, 0.1) is 5.92 Å². The van der Waals surface area contributed by atoms with Crippen molar-refractivity contribution >= 4 is 52.2 Å². The molecule has 2 fully saturated rings. The summed E-state index contributed by atoms with van der Waals surface area (Å²) >= 11 is 0. The lowest BCUT2D eigenvalue weighted by molar-refractivity contribution is 0.102. The van der Waals surface area contributed by atoms with Crippen LogP contribution in [0.15, 0.2) is 73.1 Å². The van der Waals surface area contributed by atoms with E-state index in [1.54, 1.807) is 13.0 Å². The predicted octanol–water partition coefficient (Wildman–Crippen LogP) is 3.72. The molecule has 0 spiro atoms. The number of hydrogen-bond donors (Lipinski definition) is 7. The summed E-state index contributed by atoms with van der Waals surface area (Å²) in [5, 5.41) is 34.1. The van der Waals surface area contributed by atoms with Crippen molar-refractivity contribution in [2.75, 3.05) is 61.8 Å². The second-order valence-corrected chi connectivity index (χ2v) is 13.1. The summed E-state index contributed by atoms with van der Waals surface area (Å²) in [6, 6.07) is 17.1. The topological polar surface area (TPSA) is 210 Å². The highest BCUT2D eigenvalue weighted by Crippen LogP contribution is 2.36. The molecule has 2 aliphatic rings. The average molecular weight is 712 g/mol. The number of piperidine rings is 1. The van der Waals surface area contributed by atoms with E-state index in [0.29, 0.717) is 17.4 Å². The zero-order valence-electron chi connectivity index (χ0n) is 28.8. The maximum atomic E-state index is 14.3. The zero-order chi connectivity index (χ0) is 36.8. The third-order valence-corrected chi connectivity index (χ3v) is 9.46. The van der Waals surface area contributed by atoms with Gasteiger partial charge in [-0.15, -0.1) is 0 Å². The van der Waals surface area contributed by atoms with Crippen molar-refractivity contribution in [1.82, 2.24) is 30.8 Å². The number of anilines is 3. The summed E-state index contributed by atoms with van der Waals surface area (Å²) < 4.78 is 5.45. The first-order chi connectivity index (χ1) is 25.0. The van der Waals surface area contributed by atoms with E-state index in [9.17, 15) is 29.4 Å². The van der Waals surface area contributed by atoms with E-state index in [2.05, 4.69) is 48.4 Å². The van der Waals surface area contributed by atoms with Crippen LogP contribution < -0.4 is 31.5 Å². The molecule has 6 rings (SSSR count). The standard InChI is InChI=1S/C36H41N9O7/c1-22-18-38-21-36(43-34(49)50,31(22)42-33(47)48)26-10-11-37-19-29(26)40-32(46)30-28(41-35(51)52-20-23-6-4-3-5-7-23)16-24-8-9-25(17-27(24)39-30)45-14-12-44(2)13-15-45/h3-11,16-17,19,22,31,38,42-43H,12-15,18,20-21H2,1-2H3,(H,40,46)(H,41,51)(H,47,48)(H,49,50)/t22?,31?,36-/m0/s1. The summed E-state index contributed by atoms with van der Waals surface area (Å²) in [5.74, 6) is -1.09. The number of aromatic nitrogens is 2. The van der Waals surface area contributed by atoms with Gasteiger partial charge in [0.25, 0.3) is 5.91 Å². The largest absolute Gasteiger partial charge is 0.465 e. The molecule has 52 heavy (non-hydrogen) atoms. The minimum absolute atomic E-state index is 0.000690. The fourth-order valence-electron chi connectivity index (χ4n) is 6.87. The summed E-state index contributed by atoms with van der Waals surface area (Å²) in [4.78, 5) is 64.9. The Morgan fingerprint density at radius 1 is 0.962 bits per heavy atom. The Balaban J connectivity index is 1.37. The van der Waals surface area contributed by atoms with E-state index in [-0.39, 0.29) is 41.7 Å². The molecule has 4 aromatic rings. The molecule has 16 nitrogen and oxygen atoms in total. The molecule has 0 bridgehead atoms. The zero-order valence-corrected chi connectivity index (χ0v) is 28.8. The van der Waals surface area contributed by atoms with Gasteiger partial charge in [0, 0.05) is 55.6 Å². The van der Waals surface area contributed by atoms with Crippen LogP contribution in [0.25, 0.3) is 10.9 Å². The highest BCUT2D eigenvalue weighted by molar-refractivity contribution is 6.10. The van der Waals surface area contributed by atoms with E-state index in [0.717, 1.165) is 37.4 Å². The number of carbonyl (C=O) groups excluding carboxylic acids is 2. The highest BCUT2D eigenvalue weighted by atomic mass is 16.5.